The minimum Gasteiger partial charge on any atom is -0.334 e. The fraction of sp³-hybridized carbons (Fsp3) is 0.0833. The van der Waals surface area contributed by atoms with Crippen molar-refractivity contribution in [3.05, 3.63) is 48.4 Å². The topological polar surface area (TPSA) is 58.1 Å². The Hall–Kier alpha value is -2.43. The normalized spacial score (nSPS) is 14.1. The van der Waals surface area contributed by atoms with Gasteiger partial charge in [-0.1, -0.05) is 12.1 Å². The fourth-order valence-corrected chi connectivity index (χ4v) is 1.88. The number of aromatic nitrogens is 2. The quantitative estimate of drug-likeness (QED) is 0.796. The molecule has 17 heavy (non-hydrogen) atoms. The van der Waals surface area contributed by atoms with Gasteiger partial charge in [0.2, 0.25) is 0 Å². The van der Waals surface area contributed by atoms with E-state index in [9.17, 15) is 4.79 Å². The third-order valence-corrected chi connectivity index (χ3v) is 2.68. The van der Waals surface area contributed by atoms with E-state index in [2.05, 4.69) is 15.3 Å². The smallest absolute Gasteiger partial charge is 0.254 e. The van der Waals surface area contributed by atoms with Gasteiger partial charge >= 0.3 is 0 Å². The molecule has 0 aliphatic carbocycles. The third-order valence-electron chi connectivity index (χ3n) is 2.68. The van der Waals surface area contributed by atoms with Crippen molar-refractivity contribution >= 4 is 17.4 Å². The standard InChI is InChI=1S/C12H10N4O/c17-12-9-3-1-2-4-10(9)16(8-15-12)11-5-6-13-7-14-11/h1-7H,8H2,(H,15,17). The van der Waals surface area contributed by atoms with Crippen LogP contribution in [0.2, 0.25) is 0 Å². The van der Waals surface area contributed by atoms with E-state index in [-0.39, 0.29) is 5.91 Å². The number of amides is 1. The van der Waals surface area contributed by atoms with Crippen LogP contribution in [-0.4, -0.2) is 22.5 Å². The number of carbonyl (C=O) groups is 1. The van der Waals surface area contributed by atoms with Gasteiger partial charge < -0.3 is 10.2 Å². The van der Waals surface area contributed by atoms with Crippen LogP contribution in [0.5, 0.6) is 0 Å². The van der Waals surface area contributed by atoms with Crippen LogP contribution in [0.4, 0.5) is 11.5 Å². The van der Waals surface area contributed by atoms with E-state index in [1.807, 2.05) is 29.2 Å². The second-order valence-electron chi connectivity index (χ2n) is 3.68. The van der Waals surface area contributed by atoms with Crippen molar-refractivity contribution in [2.45, 2.75) is 0 Å². The third kappa shape index (κ3) is 1.61. The van der Waals surface area contributed by atoms with E-state index in [0.717, 1.165) is 11.5 Å². The summed E-state index contributed by atoms with van der Waals surface area (Å²) in [6.07, 6.45) is 3.18. The highest BCUT2D eigenvalue weighted by molar-refractivity contribution is 6.02. The Balaban J connectivity index is 2.10. The van der Waals surface area contributed by atoms with E-state index in [4.69, 9.17) is 0 Å². The lowest BCUT2D eigenvalue weighted by atomic mass is 10.1. The number of fused-ring (bicyclic) bond motifs is 1. The lowest BCUT2D eigenvalue weighted by Crippen LogP contribution is -2.41. The molecule has 1 aromatic heterocycles. The maximum absolute atomic E-state index is 11.7. The first kappa shape index (κ1) is 9.77. The highest BCUT2D eigenvalue weighted by atomic mass is 16.2. The Morgan fingerprint density at radius 2 is 2.12 bits per heavy atom. The summed E-state index contributed by atoms with van der Waals surface area (Å²) in [4.78, 5) is 21.7. The van der Waals surface area contributed by atoms with Crippen LogP contribution in [0.15, 0.2) is 42.9 Å². The zero-order valence-corrected chi connectivity index (χ0v) is 9.00. The van der Waals surface area contributed by atoms with Crippen LogP contribution in [0.3, 0.4) is 0 Å². The number of para-hydroxylation sites is 1. The van der Waals surface area contributed by atoms with Crippen molar-refractivity contribution < 1.29 is 4.79 Å². The molecule has 5 nitrogen and oxygen atoms in total. The second-order valence-corrected chi connectivity index (χ2v) is 3.68. The first-order chi connectivity index (χ1) is 8.36. The van der Waals surface area contributed by atoms with Crippen molar-refractivity contribution in [2.75, 3.05) is 11.6 Å². The van der Waals surface area contributed by atoms with Gasteiger partial charge in [0.05, 0.1) is 17.9 Å². The van der Waals surface area contributed by atoms with E-state index in [0.29, 0.717) is 12.2 Å². The Morgan fingerprint density at radius 1 is 1.24 bits per heavy atom. The van der Waals surface area contributed by atoms with Gasteiger partial charge in [0, 0.05) is 6.20 Å². The zero-order chi connectivity index (χ0) is 11.7. The average Bonchev–Trinajstić information content (AvgIpc) is 2.41. The molecule has 0 saturated carbocycles. The van der Waals surface area contributed by atoms with Gasteiger partial charge in [-0.2, -0.15) is 0 Å². The summed E-state index contributed by atoms with van der Waals surface area (Å²) >= 11 is 0. The van der Waals surface area contributed by atoms with Crippen molar-refractivity contribution in [3.8, 4) is 0 Å². The first-order valence-electron chi connectivity index (χ1n) is 5.27. The SMILES string of the molecule is O=C1NCN(c2ccncn2)c2ccccc21. The first-order valence-corrected chi connectivity index (χ1v) is 5.27. The highest BCUT2D eigenvalue weighted by Gasteiger charge is 2.23. The maximum atomic E-state index is 11.7. The predicted octanol–water partition coefficient (Wildman–Crippen LogP) is 1.32. The van der Waals surface area contributed by atoms with E-state index in [1.165, 1.54) is 6.33 Å². The van der Waals surface area contributed by atoms with Crippen LogP contribution in [-0.2, 0) is 0 Å². The Labute approximate surface area is 98.1 Å². The lowest BCUT2D eigenvalue weighted by molar-refractivity contribution is 0.0949. The van der Waals surface area contributed by atoms with Gasteiger partial charge in [-0.15, -0.1) is 0 Å². The molecule has 2 heterocycles. The molecule has 3 rings (SSSR count). The zero-order valence-electron chi connectivity index (χ0n) is 9.00. The number of hydrogen-bond donors (Lipinski definition) is 1. The summed E-state index contributed by atoms with van der Waals surface area (Å²) < 4.78 is 0. The molecule has 0 atom stereocenters. The Kier molecular flexibility index (Phi) is 2.22. The summed E-state index contributed by atoms with van der Waals surface area (Å²) in [6.45, 7) is 0.423. The molecular formula is C12H10N4O. The Bertz CT molecular complexity index is 555. The Morgan fingerprint density at radius 3 is 2.94 bits per heavy atom. The molecule has 0 unspecified atom stereocenters. The molecule has 5 heteroatoms. The van der Waals surface area contributed by atoms with Gasteiger partial charge in [0.1, 0.15) is 12.1 Å². The number of rotatable bonds is 1. The molecule has 0 fully saturated rings. The summed E-state index contributed by atoms with van der Waals surface area (Å²) in [7, 11) is 0. The molecule has 84 valence electrons. The van der Waals surface area contributed by atoms with Gasteiger partial charge in [-0.25, -0.2) is 9.97 Å². The van der Waals surface area contributed by atoms with E-state index < -0.39 is 0 Å². The van der Waals surface area contributed by atoms with Gasteiger partial charge in [0.15, 0.2) is 0 Å². The van der Waals surface area contributed by atoms with Gasteiger partial charge in [-0.05, 0) is 18.2 Å². The van der Waals surface area contributed by atoms with Gasteiger partial charge in [0.25, 0.3) is 5.91 Å². The second kappa shape index (κ2) is 3.86. The number of anilines is 2. The minimum atomic E-state index is -0.0501. The minimum absolute atomic E-state index is 0.0501. The highest BCUT2D eigenvalue weighted by Crippen LogP contribution is 2.28. The molecule has 0 saturated heterocycles. The van der Waals surface area contributed by atoms with Gasteiger partial charge in [-0.3, -0.25) is 4.79 Å². The maximum Gasteiger partial charge on any atom is 0.254 e. The molecule has 0 radical (unpaired) electrons. The van der Waals surface area contributed by atoms with E-state index >= 15 is 0 Å². The number of nitrogens with one attached hydrogen (secondary N) is 1. The van der Waals surface area contributed by atoms with Crippen LogP contribution < -0.4 is 10.2 Å². The molecule has 1 N–H and O–H groups in total. The summed E-state index contributed by atoms with van der Waals surface area (Å²) in [5, 5.41) is 2.81. The molecule has 1 aromatic carbocycles. The van der Waals surface area contributed by atoms with E-state index in [1.54, 1.807) is 12.3 Å². The number of nitrogens with zero attached hydrogens (tertiary/aromatic N) is 3. The molecular weight excluding hydrogens is 216 g/mol. The van der Waals surface area contributed by atoms with Crippen LogP contribution in [0.25, 0.3) is 0 Å². The van der Waals surface area contributed by atoms with Crippen LogP contribution in [0, 0.1) is 0 Å². The molecule has 2 aromatic rings. The van der Waals surface area contributed by atoms with Crippen molar-refractivity contribution in [1.82, 2.24) is 15.3 Å². The average molecular weight is 226 g/mol. The molecule has 0 spiro atoms. The van der Waals surface area contributed by atoms with Crippen molar-refractivity contribution in [2.24, 2.45) is 0 Å². The monoisotopic (exact) mass is 226 g/mol. The number of benzene rings is 1. The molecule has 1 aliphatic rings. The molecule has 1 amide bonds. The van der Waals surface area contributed by atoms with Crippen LogP contribution in [0.1, 0.15) is 10.4 Å². The summed E-state index contributed by atoms with van der Waals surface area (Å²) in [5.41, 5.74) is 1.53. The fourth-order valence-electron chi connectivity index (χ4n) is 1.88. The van der Waals surface area contributed by atoms with Crippen LogP contribution >= 0.6 is 0 Å². The molecule has 1 aliphatic heterocycles. The number of hydrogen-bond acceptors (Lipinski definition) is 4. The predicted molar refractivity (Wildman–Crippen MR) is 62.9 cm³/mol. The van der Waals surface area contributed by atoms with Crippen molar-refractivity contribution in [1.29, 1.82) is 0 Å². The lowest BCUT2D eigenvalue weighted by Gasteiger charge is -2.29. The summed E-state index contributed by atoms with van der Waals surface area (Å²) in [5.74, 6) is 0.721. The molecule has 0 bridgehead atoms. The summed E-state index contributed by atoms with van der Waals surface area (Å²) in [6, 6.07) is 9.29. The largest absolute Gasteiger partial charge is 0.334 e. The van der Waals surface area contributed by atoms with Crippen molar-refractivity contribution in [3.63, 3.8) is 0 Å². The number of carbonyl (C=O) groups excluding carboxylic acids is 1.